The van der Waals surface area contributed by atoms with Gasteiger partial charge in [-0.3, -0.25) is 4.79 Å². The van der Waals surface area contributed by atoms with Crippen LogP contribution >= 0.6 is 11.6 Å². The van der Waals surface area contributed by atoms with E-state index < -0.39 is 6.04 Å². The van der Waals surface area contributed by atoms with E-state index in [1.165, 1.54) is 0 Å². The highest BCUT2D eigenvalue weighted by Crippen LogP contribution is 2.47. The molecule has 0 spiro atoms. The van der Waals surface area contributed by atoms with Crippen LogP contribution in [0.15, 0.2) is 47.7 Å². The number of ether oxygens (including phenoxy) is 3. The minimum absolute atomic E-state index is 0.0483. The molecule has 3 aromatic rings. The molecule has 34 heavy (non-hydrogen) atoms. The number of methoxy groups -OCH3 is 3. The Hall–Kier alpha value is -3.52. The van der Waals surface area contributed by atoms with Gasteiger partial charge in [-0.05, 0) is 54.7 Å². The van der Waals surface area contributed by atoms with Crippen LogP contribution in [0.5, 0.6) is 17.2 Å². The SMILES string of the molecule is COc1cc(C2C3=C(CC(c4ccc(Cl)cc4)CC3=O)Nc3nc(C)nn32)cc(OC)c1OC. The maximum Gasteiger partial charge on any atom is 0.226 e. The van der Waals surface area contributed by atoms with Crippen LogP contribution in [0.3, 0.4) is 0 Å². The van der Waals surface area contributed by atoms with Gasteiger partial charge in [0.2, 0.25) is 11.7 Å². The lowest BCUT2D eigenvalue weighted by Crippen LogP contribution is -2.33. The number of halogens is 1. The predicted octanol–water partition coefficient (Wildman–Crippen LogP) is 4.68. The molecule has 176 valence electrons. The second kappa shape index (κ2) is 8.68. The lowest BCUT2D eigenvalue weighted by atomic mass is 9.78. The van der Waals surface area contributed by atoms with Crippen LogP contribution in [-0.2, 0) is 4.79 Å². The molecule has 2 atom stereocenters. The van der Waals surface area contributed by atoms with Crippen molar-refractivity contribution in [3.8, 4) is 17.2 Å². The number of nitrogens with one attached hydrogen (secondary N) is 1. The van der Waals surface area contributed by atoms with E-state index in [0.717, 1.165) is 16.8 Å². The lowest BCUT2D eigenvalue weighted by Gasteiger charge is -2.35. The summed E-state index contributed by atoms with van der Waals surface area (Å²) in [4.78, 5) is 18.2. The molecule has 2 unspecified atom stereocenters. The number of carbonyl (C=O) groups excluding carboxylic acids is 1. The summed E-state index contributed by atoms with van der Waals surface area (Å²) in [6, 6.07) is 10.9. The Bertz CT molecular complexity index is 1270. The summed E-state index contributed by atoms with van der Waals surface area (Å²) in [5.74, 6) is 2.83. The average molecular weight is 481 g/mol. The zero-order valence-corrected chi connectivity index (χ0v) is 20.1. The third-order valence-electron chi connectivity index (χ3n) is 6.37. The van der Waals surface area contributed by atoms with Crippen LogP contribution in [0.2, 0.25) is 5.02 Å². The number of benzene rings is 2. The van der Waals surface area contributed by atoms with Crippen molar-refractivity contribution in [1.82, 2.24) is 14.8 Å². The first-order chi connectivity index (χ1) is 16.4. The minimum atomic E-state index is -0.472. The standard InChI is InChI=1S/C25H25ClN4O4/c1-13-27-25-28-18-9-15(14-5-7-17(26)8-6-14)10-19(31)22(18)23(30(25)29-13)16-11-20(32-2)24(34-4)21(12-16)33-3/h5-8,11-12,15,23H,9-10H2,1-4H3,(H,27,28,29). The van der Waals surface area contributed by atoms with Crippen molar-refractivity contribution in [3.05, 3.63) is 69.6 Å². The third-order valence-corrected chi connectivity index (χ3v) is 6.62. The number of hydrogen-bond acceptors (Lipinski definition) is 7. The Balaban J connectivity index is 1.64. The van der Waals surface area contributed by atoms with Gasteiger partial charge in [-0.2, -0.15) is 10.1 Å². The first-order valence-corrected chi connectivity index (χ1v) is 11.3. The van der Waals surface area contributed by atoms with Crippen LogP contribution in [0.4, 0.5) is 5.95 Å². The van der Waals surface area contributed by atoms with Crippen LogP contribution in [0.1, 0.15) is 41.8 Å². The Kier molecular flexibility index (Phi) is 5.69. The number of hydrogen-bond donors (Lipinski definition) is 1. The Labute approximate surface area is 202 Å². The second-order valence-electron chi connectivity index (χ2n) is 8.39. The quantitative estimate of drug-likeness (QED) is 0.567. The first kappa shape index (κ1) is 22.3. The van der Waals surface area contributed by atoms with Gasteiger partial charge < -0.3 is 19.5 Å². The summed E-state index contributed by atoms with van der Waals surface area (Å²) in [5, 5.41) is 8.65. The number of nitrogens with zero attached hydrogens (tertiary/aromatic N) is 3. The second-order valence-corrected chi connectivity index (χ2v) is 8.82. The van der Waals surface area contributed by atoms with Crippen molar-refractivity contribution < 1.29 is 19.0 Å². The van der Waals surface area contributed by atoms with Gasteiger partial charge >= 0.3 is 0 Å². The summed E-state index contributed by atoms with van der Waals surface area (Å²) in [6.07, 6.45) is 1.07. The fourth-order valence-electron chi connectivity index (χ4n) is 4.86. The van der Waals surface area contributed by atoms with Crippen molar-refractivity contribution in [1.29, 1.82) is 0 Å². The van der Waals surface area contributed by atoms with Crippen molar-refractivity contribution in [2.24, 2.45) is 0 Å². The summed E-state index contributed by atoms with van der Waals surface area (Å²) >= 11 is 6.07. The molecule has 2 aliphatic rings. The topological polar surface area (TPSA) is 87.5 Å². The van der Waals surface area contributed by atoms with E-state index in [-0.39, 0.29) is 11.7 Å². The van der Waals surface area contributed by atoms with Gasteiger partial charge in [-0.1, -0.05) is 23.7 Å². The molecular weight excluding hydrogens is 456 g/mol. The molecule has 8 nitrogen and oxygen atoms in total. The number of rotatable bonds is 5. The maximum absolute atomic E-state index is 13.6. The smallest absolute Gasteiger partial charge is 0.226 e. The molecule has 1 aromatic heterocycles. The fraction of sp³-hybridized carbons (Fsp3) is 0.320. The highest BCUT2D eigenvalue weighted by Gasteiger charge is 2.40. The highest BCUT2D eigenvalue weighted by atomic mass is 35.5. The van der Waals surface area contributed by atoms with Gasteiger partial charge in [-0.15, -0.1) is 0 Å². The predicted molar refractivity (Wildman–Crippen MR) is 128 cm³/mol. The van der Waals surface area contributed by atoms with Gasteiger partial charge in [-0.25, -0.2) is 4.68 Å². The zero-order valence-electron chi connectivity index (χ0n) is 19.4. The Morgan fingerprint density at radius 2 is 1.68 bits per heavy atom. The van der Waals surface area contributed by atoms with E-state index in [4.69, 9.17) is 25.8 Å². The van der Waals surface area contributed by atoms with E-state index in [0.29, 0.717) is 52.5 Å². The molecular formula is C25H25ClN4O4. The summed E-state index contributed by atoms with van der Waals surface area (Å²) < 4.78 is 18.4. The van der Waals surface area contributed by atoms with Crippen molar-refractivity contribution >= 4 is 23.3 Å². The molecule has 0 radical (unpaired) electrons. The molecule has 0 saturated heterocycles. The largest absolute Gasteiger partial charge is 0.493 e. The first-order valence-electron chi connectivity index (χ1n) is 10.9. The number of ketones is 1. The molecule has 5 rings (SSSR count). The molecule has 1 aliphatic heterocycles. The van der Waals surface area contributed by atoms with Crippen LogP contribution in [0.25, 0.3) is 0 Å². The Morgan fingerprint density at radius 3 is 2.29 bits per heavy atom. The number of aromatic nitrogens is 3. The maximum atomic E-state index is 13.6. The fourth-order valence-corrected chi connectivity index (χ4v) is 4.98. The van der Waals surface area contributed by atoms with Gasteiger partial charge in [0.1, 0.15) is 11.9 Å². The molecule has 1 N–H and O–H groups in total. The summed E-state index contributed by atoms with van der Waals surface area (Å²) in [5.41, 5.74) is 3.42. The molecule has 0 fully saturated rings. The number of anilines is 1. The van der Waals surface area contributed by atoms with Gasteiger partial charge in [0.15, 0.2) is 17.3 Å². The number of carbonyl (C=O) groups is 1. The van der Waals surface area contributed by atoms with Crippen molar-refractivity contribution in [2.45, 2.75) is 31.7 Å². The number of fused-ring (bicyclic) bond motifs is 1. The average Bonchev–Trinajstić information content (AvgIpc) is 3.21. The molecule has 9 heteroatoms. The van der Waals surface area contributed by atoms with E-state index in [1.807, 2.05) is 43.3 Å². The molecule has 0 bridgehead atoms. The van der Waals surface area contributed by atoms with Gasteiger partial charge in [0.25, 0.3) is 0 Å². The van der Waals surface area contributed by atoms with Crippen LogP contribution in [-0.4, -0.2) is 41.9 Å². The van der Waals surface area contributed by atoms with E-state index in [2.05, 4.69) is 15.4 Å². The number of Topliss-reactive ketones (excluding diaryl/α,β-unsaturated/α-hetero) is 1. The van der Waals surface area contributed by atoms with E-state index in [1.54, 1.807) is 26.0 Å². The third kappa shape index (κ3) is 3.68. The molecule has 0 amide bonds. The summed E-state index contributed by atoms with van der Waals surface area (Å²) in [7, 11) is 4.70. The number of allylic oxidation sites excluding steroid dienone is 2. The van der Waals surface area contributed by atoms with Gasteiger partial charge in [0.05, 0.1) is 21.3 Å². The number of aryl methyl sites for hydroxylation is 1. The Morgan fingerprint density at radius 1 is 1.00 bits per heavy atom. The lowest BCUT2D eigenvalue weighted by molar-refractivity contribution is -0.116. The van der Waals surface area contributed by atoms with E-state index in [9.17, 15) is 4.79 Å². The monoisotopic (exact) mass is 480 g/mol. The molecule has 2 heterocycles. The van der Waals surface area contributed by atoms with Crippen molar-refractivity contribution in [3.63, 3.8) is 0 Å². The van der Waals surface area contributed by atoms with E-state index >= 15 is 0 Å². The summed E-state index contributed by atoms with van der Waals surface area (Å²) in [6.45, 7) is 1.83. The highest BCUT2D eigenvalue weighted by molar-refractivity contribution is 6.30. The molecule has 2 aromatic carbocycles. The van der Waals surface area contributed by atoms with Crippen LogP contribution < -0.4 is 19.5 Å². The molecule has 0 saturated carbocycles. The zero-order chi connectivity index (χ0) is 24.0. The normalized spacial score (nSPS) is 19.3. The minimum Gasteiger partial charge on any atom is -0.493 e. The van der Waals surface area contributed by atoms with Crippen molar-refractivity contribution in [2.75, 3.05) is 26.6 Å². The van der Waals surface area contributed by atoms with Crippen LogP contribution in [0, 0.1) is 6.92 Å². The van der Waals surface area contributed by atoms with Gasteiger partial charge in [0, 0.05) is 22.7 Å². The molecule has 1 aliphatic carbocycles.